The first kappa shape index (κ1) is 13.1. The standard InChI is InChI=1S/C12H8BrN3O3S/c13-9-4-3-8(18-9)11-15-16-12(19-11)14-10(17)6-7-2-1-5-20-7/h1-5H,6H2,(H,14,16,17). The van der Waals surface area contributed by atoms with Crippen molar-refractivity contribution in [2.75, 3.05) is 5.32 Å². The van der Waals surface area contributed by atoms with Crippen molar-refractivity contribution >= 4 is 39.2 Å². The van der Waals surface area contributed by atoms with Crippen molar-refractivity contribution in [3.63, 3.8) is 0 Å². The molecular weight excluding hydrogens is 346 g/mol. The van der Waals surface area contributed by atoms with Crippen LogP contribution in [0.2, 0.25) is 0 Å². The molecule has 0 saturated carbocycles. The van der Waals surface area contributed by atoms with E-state index in [9.17, 15) is 4.79 Å². The smallest absolute Gasteiger partial charge is 0.322 e. The third-order valence-electron chi connectivity index (χ3n) is 2.37. The Hall–Kier alpha value is -1.93. The highest BCUT2D eigenvalue weighted by Gasteiger charge is 2.14. The Bertz CT molecular complexity index is 720. The van der Waals surface area contributed by atoms with Gasteiger partial charge in [-0.2, -0.15) is 0 Å². The Morgan fingerprint density at radius 3 is 2.90 bits per heavy atom. The van der Waals surface area contributed by atoms with E-state index in [1.807, 2.05) is 17.5 Å². The summed E-state index contributed by atoms with van der Waals surface area (Å²) in [6.45, 7) is 0. The molecule has 3 aromatic heterocycles. The van der Waals surface area contributed by atoms with Gasteiger partial charge in [-0.1, -0.05) is 11.2 Å². The van der Waals surface area contributed by atoms with Crippen molar-refractivity contribution in [2.24, 2.45) is 0 Å². The number of carbonyl (C=O) groups is 1. The van der Waals surface area contributed by atoms with Crippen molar-refractivity contribution < 1.29 is 13.6 Å². The number of amides is 1. The third-order valence-corrected chi connectivity index (χ3v) is 3.67. The van der Waals surface area contributed by atoms with E-state index in [1.165, 1.54) is 11.3 Å². The van der Waals surface area contributed by atoms with Crippen LogP contribution in [0.25, 0.3) is 11.7 Å². The Morgan fingerprint density at radius 2 is 2.20 bits per heavy atom. The van der Waals surface area contributed by atoms with Crippen LogP contribution in [0, 0.1) is 0 Å². The highest BCUT2D eigenvalue weighted by atomic mass is 79.9. The van der Waals surface area contributed by atoms with Gasteiger partial charge in [-0.05, 0) is 39.5 Å². The zero-order valence-corrected chi connectivity index (χ0v) is 12.4. The lowest BCUT2D eigenvalue weighted by Crippen LogP contribution is -2.13. The largest absolute Gasteiger partial charge is 0.444 e. The summed E-state index contributed by atoms with van der Waals surface area (Å²) in [5.74, 6) is 0.438. The highest BCUT2D eigenvalue weighted by Crippen LogP contribution is 2.24. The maximum absolute atomic E-state index is 11.8. The Morgan fingerprint density at radius 1 is 1.30 bits per heavy atom. The summed E-state index contributed by atoms with van der Waals surface area (Å²) in [4.78, 5) is 12.7. The number of furan rings is 1. The summed E-state index contributed by atoms with van der Waals surface area (Å²) < 4.78 is 11.2. The maximum atomic E-state index is 11.8. The Kier molecular flexibility index (Phi) is 3.66. The van der Waals surface area contributed by atoms with Crippen LogP contribution in [0.5, 0.6) is 0 Å². The summed E-state index contributed by atoms with van der Waals surface area (Å²) in [5, 5.41) is 12.0. The lowest BCUT2D eigenvalue weighted by Gasteiger charge is -1.97. The average Bonchev–Trinajstić information content (AvgIpc) is 3.10. The molecule has 1 N–H and O–H groups in total. The minimum atomic E-state index is -0.205. The van der Waals surface area contributed by atoms with Crippen molar-refractivity contribution in [1.82, 2.24) is 10.2 Å². The number of carbonyl (C=O) groups excluding carboxylic acids is 1. The summed E-state index contributed by atoms with van der Waals surface area (Å²) in [7, 11) is 0. The number of aromatic nitrogens is 2. The molecule has 102 valence electrons. The minimum absolute atomic E-state index is 0.0501. The van der Waals surface area contributed by atoms with Crippen LogP contribution in [0.1, 0.15) is 4.88 Å². The van der Waals surface area contributed by atoms with Gasteiger partial charge in [0.25, 0.3) is 5.89 Å². The number of rotatable bonds is 4. The van der Waals surface area contributed by atoms with Gasteiger partial charge in [0.1, 0.15) is 0 Å². The van der Waals surface area contributed by atoms with Crippen molar-refractivity contribution in [3.05, 3.63) is 39.2 Å². The summed E-state index contributed by atoms with van der Waals surface area (Å²) in [6.07, 6.45) is 0.279. The van der Waals surface area contributed by atoms with Gasteiger partial charge in [0, 0.05) is 4.88 Å². The molecule has 0 aliphatic heterocycles. The quantitative estimate of drug-likeness (QED) is 0.777. The fourth-order valence-electron chi connectivity index (χ4n) is 1.54. The van der Waals surface area contributed by atoms with Gasteiger partial charge in [0.05, 0.1) is 6.42 Å². The predicted molar refractivity (Wildman–Crippen MR) is 76.4 cm³/mol. The van der Waals surface area contributed by atoms with Crippen LogP contribution in [0.3, 0.4) is 0 Å². The number of nitrogens with zero attached hydrogens (tertiary/aromatic N) is 2. The second kappa shape index (κ2) is 5.59. The van der Waals surface area contributed by atoms with E-state index < -0.39 is 0 Å². The Labute approximate surface area is 125 Å². The Balaban J connectivity index is 1.66. The van der Waals surface area contributed by atoms with Crippen molar-refractivity contribution in [3.8, 4) is 11.7 Å². The first-order valence-corrected chi connectivity index (χ1v) is 7.29. The molecule has 3 rings (SSSR count). The maximum Gasteiger partial charge on any atom is 0.322 e. The molecule has 0 fully saturated rings. The molecule has 0 aromatic carbocycles. The van der Waals surface area contributed by atoms with Crippen LogP contribution >= 0.6 is 27.3 Å². The number of halogens is 1. The van der Waals surface area contributed by atoms with Crippen LogP contribution in [0.15, 0.2) is 43.1 Å². The number of thiophene rings is 1. The molecule has 0 aliphatic rings. The fraction of sp³-hybridized carbons (Fsp3) is 0.0833. The summed E-state index contributed by atoms with van der Waals surface area (Å²) in [6, 6.07) is 7.24. The van der Waals surface area contributed by atoms with Gasteiger partial charge in [0.15, 0.2) is 10.4 Å². The molecule has 0 radical (unpaired) electrons. The van der Waals surface area contributed by atoms with E-state index in [0.717, 1.165) is 4.88 Å². The van der Waals surface area contributed by atoms with Gasteiger partial charge in [-0.25, -0.2) is 0 Å². The topological polar surface area (TPSA) is 81.2 Å². The molecule has 0 saturated heterocycles. The molecule has 3 heterocycles. The minimum Gasteiger partial charge on any atom is -0.444 e. The molecule has 0 atom stereocenters. The number of anilines is 1. The molecule has 20 heavy (non-hydrogen) atoms. The lowest BCUT2D eigenvalue weighted by atomic mass is 10.3. The normalized spacial score (nSPS) is 10.7. The molecule has 8 heteroatoms. The molecule has 0 unspecified atom stereocenters. The van der Waals surface area contributed by atoms with Gasteiger partial charge in [-0.3, -0.25) is 10.1 Å². The van der Waals surface area contributed by atoms with E-state index in [-0.39, 0.29) is 24.2 Å². The first-order chi connectivity index (χ1) is 9.70. The zero-order valence-electron chi connectivity index (χ0n) is 10.00. The molecule has 0 bridgehead atoms. The highest BCUT2D eigenvalue weighted by molar-refractivity contribution is 9.10. The van der Waals surface area contributed by atoms with Crippen LogP contribution in [0.4, 0.5) is 6.01 Å². The van der Waals surface area contributed by atoms with Crippen molar-refractivity contribution in [1.29, 1.82) is 0 Å². The van der Waals surface area contributed by atoms with Gasteiger partial charge >= 0.3 is 6.01 Å². The second-order valence-corrected chi connectivity index (χ2v) is 5.63. The van der Waals surface area contributed by atoms with E-state index in [1.54, 1.807) is 12.1 Å². The van der Waals surface area contributed by atoms with Gasteiger partial charge < -0.3 is 8.83 Å². The SMILES string of the molecule is O=C(Cc1cccs1)Nc1nnc(-c2ccc(Br)o2)o1. The zero-order chi connectivity index (χ0) is 13.9. The van der Waals surface area contributed by atoms with E-state index in [2.05, 4.69) is 31.4 Å². The first-order valence-electron chi connectivity index (χ1n) is 5.62. The van der Waals surface area contributed by atoms with Crippen LogP contribution < -0.4 is 5.32 Å². The van der Waals surface area contributed by atoms with Gasteiger partial charge in [-0.15, -0.1) is 16.4 Å². The van der Waals surface area contributed by atoms with Crippen molar-refractivity contribution in [2.45, 2.75) is 6.42 Å². The molecule has 3 aromatic rings. The van der Waals surface area contributed by atoms with Gasteiger partial charge in [0.2, 0.25) is 5.91 Å². The molecular formula is C12H8BrN3O3S. The van der Waals surface area contributed by atoms with E-state index >= 15 is 0 Å². The second-order valence-electron chi connectivity index (χ2n) is 3.82. The van der Waals surface area contributed by atoms with E-state index in [0.29, 0.717) is 10.4 Å². The predicted octanol–water partition coefficient (Wildman–Crippen LogP) is 3.33. The van der Waals surface area contributed by atoms with Crippen LogP contribution in [-0.2, 0) is 11.2 Å². The lowest BCUT2D eigenvalue weighted by molar-refractivity contribution is -0.115. The third kappa shape index (κ3) is 2.97. The molecule has 6 nitrogen and oxygen atoms in total. The van der Waals surface area contributed by atoms with Crippen LogP contribution in [-0.4, -0.2) is 16.1 Å². The molecule has 0 aliphatic carbocycles. The summed E-state index contributed by atoms with van der Waals surface area (Å²) in [5.41, 5.74) is 0. The monoisotopic (exact) mass is 353 g/mol. The average molecular weight is 354 g/mol. The van der Waals surface area contributed by atoms with E-state index in [4.69, 9.17) is 8.83 Å². The number of hydrogen-bond donors (Lipinski definition) is 1. The number of nitrogens with one attached hydrogen (secondary N) is 1. The fourth-order valence-corrected chi connectivity index (χ4v) is 2.55. The molecule has 0 spiro atoms. The molecule has 1 amide bonds. The number of hydrogen-bond acceptors (Lipinski definition) is 6. The summed E-state index contributed by atoms with van der Waals surface area (Å²) >= 11 is 4.70.